The predicted octanol–water partition coefficient (Wildman–Crippen LogP) is 2.05. The monoisotopic (exact) mass is 320 g/mol. The minimum absolute atomic E-state index is 0.0415. The number of hydrogen-bond acceptors (Lipinski definition) is 3. The molecule has 3 heterocycles. The summed E-state index contributed by atoms with van der Waals surface area (Å²) in [5, 5.41) is 0. The van der Waals surface area contributed by atoms with E-state index in [1.54, 1.807) is 11.8 Å². The van der Waals surface area contributed by atoms with Crippen LogP contribution in [0.4, 0.5) is 5.69 Å². The average Bonchev–Trinajstić information content (AvgIpc) is 3.12. The van der Waals surface area contributed by atoms with Gasteiger partial charge in [-0.3, -0.25) is 14.5 Å². The molecule has 1 spiro atoms. The molecule has 0 radical (unpaired) electrons. The van der Waals surface area contributed by atoms with Crippen LogP contribution in [-0.2, 0) is 15.0 Å². The molecule has 1 saturated carbocycles. The highest BCUT2D eigenvalue weighted by atomic mass is 16.2. The molecule has 0 aromatic heterocycles. The van der Waals surface area contributed by atoms with Crippen LogP contribution < -0.4 is 4.90 Å². The summed E-state index contributed by atoms with van der Waals surface area (Å²) in [5.74, 6) is 0.0155. The number of ketones is 1. The molecule has 0 N–H and O–H groups in total. The van der Waals surface area contributed by atoms with E-state index in [9.17, 15) is 9.59 Å². The van der Waals surface area contributed by atoms with Crippen LogP contribution >= 0.6 is 0 Å². The van der Waals surface area contributed by atoms with Crippen molar-refractivity contribution in [2.24, 2.45) is 5.92 Å². The zero-order valence-electron chi connectivity index (χ0n) is 13.8. The Kier molecular flexibility index (Phi) is 2.65. The fraction of sp³-hybridized carbons (Fsp3) is 0.450. The van der Waals surface area contributed by atoms with Crippen molar-refractivity contribution in [1.82, 2.24) is 4.90 Å². The molecule has 5 rings (SSSR count). The van der Waals surface area contributed by atoms with Crippen LogP contribution in [0.25, 0.3) is 0 Å². The zero-order chi connectivity index (χ0) is 16.6. The highest BCUT2D eigenvalue weighted by Gasteiger charge is 2.68. The van der Waals surface area contributed by atoms with E-state index in [-0.39, 0.29) is 29.1 Å². The molecular formula is C20H20N2O2. The maximum atomic E-state index is 13.5. The highest BCUT2D eigenvalue weighted by Crippen LogP contribution is 2.60. The Labute approximate surface area is 141 Å². The van der Waals surface area contributed by atoms with Gasteiger partial charge in [-0.25, -0.2) is 0 Å². The molecule has 4 aliphatic rings. The summed E-state index contributed by atoms with van der Waals surface area (Å²) in [5.41, 5.74) is 5.91. The highest BCUT2D eigenvalue weighted by molar-refractivity contribution is 6.07. The molecule has 1 amide bonds. The van der Waals surface area contributed by atoms with Crippen molar-refractivity contribution in [2.75, 3.05) is 18.0 Å². The second-order valence-electron chi connectivity index (χ2n) is 7.48. The number of anilines is 1. The van der Waals surface area contributed by atoms with Crippen LogP contribution in [0.3, 0.4) is 0 Å². The van der Waals surface area contributed by atoms with Crippen LogP contribution in [0.2, 0.25) is 0 Å². The molecule has 122 valence electrons. The maximum Gasteiger partial charge on any atom is 0.224 e. The topological polar surface area (TPSA) is 40.6 Å². The third-order valence-electron chi connectivity index (χ3n) is 6.69. The first-order valence-electron chi connectivity index (χ1n) is 8.65. The number of nitrogens with zero attached hydrogens (tertiary/aromatic N) is 2. The Morgan fingerprint density at radius 2 is 2.17 bits per heavy atom. The molecule has 1 aliphatic carbocycles. The molecular weight excluding hydrogens is 300 g/mol. The van der Waals surface area contributed by atoms with Gasteiger partial charge in [0.05, 0.1) is 5.92 Å². The number of benzene rings is 1. The second-order valence-corrected chi connectivity index (χ2v) is 7.48. The molecule has 1 aromatic rings. The third kappa shape index (κ3) is 1.40. The molecule has 4 atom stereocenters. The number of carbonyl (C=O) groups is 2. The number of piperidine rings is 1. The summed E-state index contributed by atoms with van der Waals surface area (Å²) in [6, 6.07) is 8.07. The SMILES string of the molecule is C=C=C1CN2CC[C@]34c5ccccc5N(C(C)=O)[C@@H]3C(=O)[C@H]1C[C@H]24. The van der Waals surface area contributed by atoms with Crippen LogP contribution in [0.1, 0.15) is 25.3 Å². The Bertz CT molecular complexity index is 838. The van der Waals surface area contributed by atoms with Gasteiger partial charge >= 0.3 is 0 Å². The number of rotatable bonds is 0. The molecule has 0 unspecified atom stereocenters. The van der Waals surface area contributed by atoms with Crippen molar-refractivity contribution in [3.05, 3.63) is 47.7 Å². The third-order valence-corrected chi connectivity index (χ3v) is 6.69. The molecule has 4 heteroatoms. The molecule has 4 nitrogen and oxygen atoms in total. The van der Waals surface area contributed by atoms with Gasteiger partial charge < -0.3 is 4.90 Å². The number of para-hydroxylation sites is 1. The van der Waals surface area contributed by atoms with Crippen molar-refractivity contribution >= 4 is 17.4 Å². The fourth-order valence-corrected chi connectivity index (χ4v) is 5.84. The minimum Gasteiger partial charge on any atom is -0.301 e. The smallest absolute Gasteiger partial charge is 0.224 e. The molecule has 3 fully saturated rings. The van der Waals surface area contributed by atoms with Crippen LogP contribution in [0.5, 0.6) is 0 Å². The van der Waals surface area contributed by atoms with E-state index in [1.807, 2.05) is 18.2 Å². The number of fused-ring (bicyclic) bond motifs is 2. The first-order chi connectivity index (χ1) is 11.6. The van der Waals surface area contributed by atoms with E-state index < -0.39 is 0 Å². The lowest BCUT2D eigenvalue weighted by Gasteiger charge is -2.50. The van der Waals surface area contributed by atoms with Gasteiger partial charge in [-0.1, -0.05) is 24.8 Å². The molecule has 2 bridgehead atoms. The summed E-state index contributed by atoms with van der Waals surface area (Å²) in [6.07, 6.45) is 1.78. The summed E-state index contributed by atoms with van der Waals surface area (Å²) in [4.78, 5) is 30.2. The van der Waals surface area contributed by atoms with Gasteiger partial charge in [-0.2, -0.15) is 0 Å². The lowest BCUT2D eigenvalue weighted by Crippen LogP contribution is -2.65. The Morgan fingerprint density at radius 1 is 1.38 bits per heavy atom. The minimum atomic E-state index is -0.371. The van der Waals surface area contributed by atoms with E-state index in [0.29, 0.717) is 6.04 Å². The standard InChI is InChI=1S/C20H20N2O2/c1-3-13-11-21-9-8-20-15-6-4-5-7-16(15)22(12(2)23)19(20)18(24)14(13)10-17(20)21/h4-7,14,17,19H,1,8-11H2,2H3/t14-,17-,19+,20+/m0/s1. The first-order valence-corrected chi connectivity index (χ1v) is 8.65. The lowest BCUT2D eigenvalue weighted by atomic mass is 9.59. The van der Waals surface area contributed by atoms with Crippen molar-refractivity contribution < 1.29 is 9.59 Å². The first kappa shape index (κ1) is 14.2. The Morgan fingerprint density at radius 3 is 2.92 bits per heavy atom. The second kappa shape index (κ2) is 4.47. The van der Waals surface area contributed by atoms with Crippen LogP contribution in [-0.4, -0.2) is 41.8 Å². The molecule has 2 saturated heterocycles. The zero-order valence-corrected chi connectivity index (χ0v) is 13.8. The summed E-state index contributed by atoms with van der Waals surface area (Å²) >= 11 is 0. The summed E-state index contributed by atoms with van der Waals surface area (Å²) < 4.78 is 0. The van der Waals surface area contributed by atoms with Gasteiger partial charge in [0.1, 0.15) is 6.04 Å². The Hall–Kier alpha value is -2.16. The van der Waals surface area contributed by atoms with Crippen molar-refractivity contribution in [3.8, 4) is 0 Å². The van der Waals surface area contributed by atoms with E-state index in [1.165, 1.54) is 5.56 Å². The van der Waals surface area contributed by atoms with Crippen molar-refractivity contribution in [1.29, 1.82) is 0 Å². The van der Waals surface area contributed by atoms with Gasteiger partial charge in [0.25, 0.3) is 0 Å². The lowest BCUT2D eigenvalue weighted by molar-refractivity contribution is -0.132. The predicted molar refractivity (Wildman–Crippen MR) is 90.8 cm³/mol. The van der Waals surface area contributed by atoms with Gasteiger partial charge in [0.2, 0.25) is 5.91 Å². The number of hydrogen-bond donors (Lipinski definition) is 0. The van der Waals surface area contributed by atoms with Gasteiger partial charge in [0, 0.05) is 30.6 Å². The molecule has 1 aromatic carbocycles. The van der Waals surface area contributed by atoms with Crippen molar-refractivity contribution in [3.63, 3.8) is 0 Å². The summed E-state index contributed by atoms with van der Waals surface area (Å²) in [7, 11) is 0. The van der Waals surface area contributed by atoms with Crippen molar-refractivity contribution in [2.45, 2.75) is 37.3 Å². The number of Topliss-reactive ketones (excluding diaryl/α,β-unsaturated/α-hetero) is 1. The fourth-order valence-electron chi connectivity index (χ4n) is 5.84. The van der Waals surface area contributed by atoms with Crippen LogP contribution in [0.15, 0.2) is 42.1 Å². The summed E-state index contributed by atoms with van der Waals surface area (Å²) in [6.45, 7) is 7.14. The largest absolute Gasteiger partial charge is 0.301 e. The quantitative estimate of drug-likeness (QED) is 0.687. The van der Waals surface area contributed by atoms with E-state index in [4.69, 9.17) is 0 Å². The Balaban J connectivity index is 1.79. The van der Waals surface area contributed by atoms with E-state index >= 15 is 0 Å². The van der Waals surface area contributed by atoms with E-state index in [2.05, 4.69) is 23.3 Å². The normalized spacial score (nSPS) is 36.4. The van der Waals surface area contributed by atoms with Crippen LogP contribution in [0, 0.1) is 5.92 Å². The maximum absolute atomic E-state index is 13.5. The van der Waals surface area contributed by atoms with E-state index in [0.717, 1.165) is 37.2 Å². The van der Waals surface area contributed by atoms with Gasteiger partial charge in [-0.15, -0.1) is 5.73 Å². The number of carbonyl (C=O) groups excluding carboxylic acids is 2. The average molecular weight is 320 g/mol. The number of amides is 1. The van der Waals surface area contributed by atoms with Gasteiger partial charge in [0.15, 0.2) is 5.78 Å². The van der Waals surface area contributed by atoms with Gasteiger partial charge in [-0.05, 0) is 36.6 Å². The molecule has 3 aliphatic heterocycles. The molecule has 24 heavy (non-hydrogen) atoms.